The Hall–Kier alpha value is -2.44. The van der Waals surface area contributed by atoms with E-state index in [0.29, 0.717) is 0 Å². The molecular formula is C10H9NO6. The molecule has 1 rings (SSSR count). The summed E-state index contributed by atoms with van der Waals surface area (Å²) in [6.07, 6.45) is -0.615. The molecule has 0 aliphatic carbocycles. The highest BCUT2D eigenvalue weighted by molar-refractivity contribution is 5.82. The third-order valence-corrected chi connectivity index (χ3v) is 2.16. The summed E-state index contributed by atoms with van der Waals surface area (Å²) in [5, 5.41) is 28.0. The molecule has 0 aliphatic heterocycles. The summed E-state index contributed by atoms with van der Waals surface area (Å²) in [6.45, 7) is 0. The molecule has 0 saturated heterocycles. The van der Waals surface area contributed by atoms with Crippen LogP contribution < -0.4 is 0 Å². The van der Waals surface area contributed by atoms with Gasteiger partial charge in [-0.15, -0.1) is 0 Å². The molecule has 7 nitrogen and oxygen atoms in total. The lowest BCUT2D eigenvalue weighted by molar-refractivity contribution is -0.384. The molecule has 0 bridgehead atoms. The van der Waals surface area contributed by atoms with Gasteiger partial charge in [-0.25, -0.2) is 0 Å². The Bertz CT molecular complexity index is 470. The van der Waals surface area contributed by atoms with Crippen LogP contribution in [0, 0.1) is 10.1 Å². The molecular weight excluding hydrogens is 230 g/mol. The Labute approximate surface area is 95.5 Å². The Morgan fingerprint density at radius 3 is 2.47 bits per heavy atom. The largest absolute Gasteiger partial charge is 0.481 e. The van der Waals surface area contributed by atoms with Crippen LogP contribution in [0.15, 0.2) is 24.3 Å². The van der Waals surface area contributed by atoms with Crippen LogP contribution in [-0.4, -0.2) is 27.1 Å². The normalized spacial score (nSPS) is 11.8. The van der Waals surface area contributed by atoms with Crippen LogP contribution in [-0.2, 0) is 9.59 Å². The van der Waals surface area contributed by atoms with Gasteiger partial charge in [0.1, 0.15) is 0 Å². The van der Waals surface area contributed by atoms with Gasteiger partial charge >= 0.3 is 11.9 Å². The van der Waals surface area contributed by atoms with Crippen molar-refractivity contribution in [1.29, 1.82) is 0 Å². The fourth-order valence-corrected chi connectivity index (χ4v) is 1.38. The second-order valence-corrected chi connectivity index (χ2v) is 3.34. The van der Waals surface area contributed by atoms with Crippen molar-refractivity contribution >= 4 is 17.6 Å². The standard InChI is InChI=1S/C10H9NO6/c12-9(13)5-8(10(14)15)6-2-1-3-7(4-6)11(16)17/h1-4,8H,5H2,(H,12,13)(H,14,15). The summed E-state index contributed by atoms with van der Waals surface area (Å²) >= 11 is 0. The zero-order valence-corrected chi connectivity index (χ0v) is 8.57. The van der Waals surface area contributed by atoms with Gasteiger partial charge in [0.15, 0.2) is 0 Å². The Morgan fingerprint density at radius 1 is 1.35 bits per heavy atom. The van der Waals surface area contributed by atoms with Crippen molar-refractivity contribution in [1.82, 2.24) is 0 Å². The van der Waals surface area contributed by atoms with E-state index < -0.39 is 29.2 Å². The summed E-state index contributed by atoms with van der Waals surface area (Å²) in [6, 6.07) is 4.96. The van der Waals surface area contributed by atoms with Crippen LogP contribution in [0.2, 0.25) is 0 Å². The maximum atomic E-state index is 10.9. The van der Waals surface area contributed by atoms with Crippen molar-refractivity contribution in [3.8, 4) is 0 Å². The number of carbonyl (C=O) groups is 2. The molecule has 0 fully saturated rings. The number of hydrogen-bond donors (Lipinski definition) is 2. The number of carboxylic acids is 2. The minimum absolute atomic E-state index is 0.106. The second-order valence-electron chi connectivity index (χ2n) is 3.34. The first-order valence-corrected chi connectivity index (χ1v) is 4.60. The quantitative estimate of drug-likeness (QED) is 0.589. The van der Waals surface area contributed by atoms with Crippen molar-refractivity contribution < 1.29 is 24.7 Å². The van der Waals surface area contributed by atoms with Gasteiger partial charge in [0.25, 0.3) is 5.69 Å². The Kier molecular flexibility index (Phi) is 3.76. The van der Waals surface area contributed by atoms with Crippen LogP contribution in [0.1, 0.15) is 17.9 Å². The van der Waals surface area contributed by atoms with Crippen molar-refractivity contribution in [2.45, 2.75) is 12.3 Å². The summed E-state index contributed by atoms with van der Waals surface area (Å²) in [5.41, 5.74) is -0.159. The highest BCUT2D eigenvalue weighted by Gasteiger charge is 2.24. The number of nitrogens with zero attached hydrogens (tertiary/aromatic N) is 1. The van der Waals surface area contributed by atoms with Gasteiger partial charge in [-0.1, -0.05) is 12.1 Å². The monoisotopic (exact) mass is 239 g/mol. The maximum Gasteiger partial charge on any atom is 0.311 e. The minimum atomic E-state index is -1.33. The highest BCUT2D eigenvalue weighted by atomic mass is 16.6. The molecule has 0 aromatic heterocycles. The molecule has 1 aromatic carbocycles. The second kappa shape index (κ2) is 5.06. The van der Waals surface area contributed by atoms with E-state index in [4.69, 9.17) is 10.2 Å². The summed E-state index contributed by atoms with van der Waals surface area (Å²) < 4.78 is 0. The fourth-order valence-electron chi connectivity index (χ4n) is 1.38. The third kappa shape index (κ3) is 3.26. The first-order chi connectivity index (χ1) is 7.91. The smallest absolute Gasteiger partial charge is 0.311 e. The number of non-ortho nitro benzene ring substituents is 1. The number of benzene rings is 1. The van der Waals surface area contributed by atoms with E-state index in [1.807, 2.05) is 0 Å². The average molecular weight is 239 g/mol. The van der Waals surface area contributed by atoms with Crippen LogP contribution in [0.5, 0.6) is 0 Å². The molecule has 1 aromatic rings. The van der Waals surface area contributed by atoms with E-state index in [2.05, 4.69) is 0 Å². The molecule has 0 saturated carbocycles. The topological polar surface area (TPSA) is 118 Å². The predicted molar refractivity (Wildman–Crippen MR) is 55.7 cm³/mol. The van der Waals surface area contributed by atoms with Crippen molar-refractivity contribution in [3.63, 3.8) is 0 Å². The van der Waals surface area contributed by atoms with Crippen molar-refractivity contribution in [2.24, 2.45) is 0 Å². The third-order valence-electron chi connectivity index (χ3n) is 2.16. The van der Waals surface area contributed by atoms with Gasteiger partial charge in [-0.3, -0.25) is 19.7 Å². The van der Waals surface area contributed by atoms with Gasteiger partial charge < -0.3 is 10.2 Å². The number of nitro benzene ring substituents is 1. The number of rotatable bonds is 5. The lowest BCUT2D eigenvalue weighted by atomic mass is 9.95. The van der Waals surface area contributed by atoms with Gasteiger partial charge in [-0.2, -0.15) is 0 Å². The fraction of sp³-hybridized carbons (Fsp3) is 0.200. The van der Waals surface area contributed by atoms with Crippen LogP contribution in [0.3, 0.4) is 0 Å². The van der Waals surface area contributed by atoms with Crippen LogP contribution >= 0.6 is 0 Å². The molecule has 0 heterocycles. The molecule has 0 aliphatic rings. The first-order valence-electron chi connectivity index (χ1n) is 4.60. The number of nitro groups is 1. The molecule has 90 valence electrons. The van der Waals surface area contributed by atoms with Gasteiger partial charge in [-0.05, 0) is 5.56 Å². The number of carboxylic acid groups (broad SMARTS) is 2. The molecule has 2 N–H and O–H groups in total. The molecule has 0 amide bonds. The summed E-state index contributed by atoms with van der Waals surface area (Å²) in [4.78, 5) is 31.2. The Balaban J connectivity index is 3.10. The van der Waals surface area contributed by atoms with Crippen LogP contribution in [0.4, 0.5) is 5.69 Å². The van der Waals surface area contributed by atoms with Gasteiger partial charge in [0.05, 0.1) is 17.3 Å². The van der Waals surface area contributed by atoms with Crippen LogP contribution in [0.25, 0.3) is 0 Å². The van der Waals surface area contributed by atoms with E-state index in [-0.39, 0.29) is 11.3 Å². The minimum Gasteiger partial charge on any atom is -0.481 e. The lowest BCUT2D eigenvalue weighted by Gasteiger charge is -2.09. The predicted octanol–water partition coefficient (Wildman–Crippen LogP) is 1.24. The highest BCUT2D eigenvalue weighted by Crippen LogP contribution is 2.23. The number of aliphatic carboxylic acids is 2. The van der Waals surface area contributed by atoms with E-state index >= 15 is 0 Å². The number of hydrogen-bond acceptors (Lipinski definition) is 4. The summed E-state index contributed by atoms with van der Waals surface area (Å²) in [7, 11) is 0. The lowest BCUT2D eigenvalue weighted by Crippen LogP contribution is -2.15. The maximum absolute atomic E-state index is 10.9. The zero-order chi connectivity index (χ0) is 13.0. The Morgan fingerprint density at radius 2 is 2.00 bits per heavy atom. The average Bonchev–Trinajstić information content (AvgIpc) is 2.25. The molecule has 1 atom stereocenters. The SMILES string of the molecule is O=C(O)CC(C(=O)O)c1cccc([N+](=O)[O-])c1. The van der Waals surface area contributed by atoms with Crippen molar-refractivity contribution in [2.75, 3.05) is 0 Å². The van der Waals surface area contributed by atoms with E-state index in [9.17, 15) is 19.7 Å². The molecule has 1 unspecified atom stereocenters. The summed E-state index contributed by atoms with van der Waals surface area (Å²) in [5.74, 6) is -3.88. The van der Waals surface area contributed by atoms with E-state index in [1.54, 1.807) is 0 Å². The van der Waals surface area contributed by atoms with E-state index in [0.717, 1.165) is 6.07 Å². The van der Waals surface area contributed by atoms with Gasteiger partial charge in [0.2, 0.25) is 0 Å². The molecule has 17 heavy (non-hydrogen) atoms. The molecule has 0 radical (unpaired) electrons. The molecule has 0 spiro atoms. The van der Waals surface area contributed by atoms with Gasteiger partial charge in [0, 0.05) is 12.1 Å². The first kappa shape index (κ1) is 12.6. The van der Waals surface area contributed by atoms with Crippen molar-refractivity contribution in [3.05, 3.63) is 39.9 Å². The molecule has 7 heteroatoms. The zero-order valence-electron chi connectivity index (χ0n) is 8.57. The van der Waals surface area contributed by atoms with E-state index in [1.165, 1.54) is 18.2 Å².